The first kappa shape index (κ1) is 27.3. The molecule has 0 saturated carbocycles. The highest BCUT2D eigenvalue weighted by Crippen LogP contribution is 2.30. The lowest BCUT2D eigenvalue weighted by Gasteiger charge is -2.35. The smallest absolute Gasteiger partial charge is 0.243 e. The van der Waals surface area contributed by atoms with Gasteiger partial charge in [-0.2, -0.15) is 4.31 Å². The third-order valence-electron chi connectivity index (χ3n) is 7.19. The fourth-order valence-electron chi connectivity index (χ4n) is 5.05. The van der Waals surface area contributed by atoms with Crippen molar-refractivity contribution < 1.29 is 26.4 Å². The summed E-state index contributed by atoms with van der Waals surface area (Å²) in [6.45, 7) is 2.24. The number of carbonyl (C=O) groups excluding carboxylic acids is 1. The molecule has 3 aliphatic rings. The lowest BCUT2D eigenvalue weighted by atomic mass is 10.2. The van der Waals surface area contributed by atoms with Crippen LogP contribution in [-0.2, 0) is 29.4 Å². The van der Waals surface area contributed by atoms with E-state index in [0.29, 0.717) is 57.2 Å². The maximum atomic E-state index is 13.3. The van der Waals surface area contributed by atoms with Gasteiger partial charge >= 0.3 is 0 Å². The van der Waals surface area contributed by atoms with Gasteiger partial charge in [0.15, 0.2) is 9.84 Å². The summed E-state index contributed by atoms with van der Waals surface area (Å²) in [5.74, 6) is 0.320. The first-order chi connectivity index (χ1) is 18.1. The van der Waals surface area contributed by atoms with Gasteiger partial charge in [0.25, 0.3) is 0 Å². The molecular formula is C24H30ClN5O6S2. The minimum atomic E-state index is -3.76. The molecule has 206 valence electrons. The number of amides is 1. The van der Waals surface area contributed by atoms with Crippen LogP contribution in [0.5, 0.6) is 0 Å². The lowest BCUT2D eigenvalue weighted by molar-refractivity contribution is -0.117. The molecule has 1 aromatic carbocycles. The summed E-state index contributed by atoms with van der Waals surface area (Å²) >= 11 is 6.21. The van der Waals surface area contributed by atoms with Crippen LogP contribution in [0.4, 0.5) is 11.5 Å². The first-order valence-corrected chi connectivity index (χ1v) is 15.8. The lowest BCUT2D eigenvalue weighted by Crippen LogP contribution is -2.49. The van der Waals surface area contributed by atoms with E-state index in [2.05, 4.69) is 4.98 Å². The molecule has 11 nitrogen and oxygen atoms in total. The van der Waals surface area contributed by atoms with Gasteiger partial charge in [-0.3, -0.25) is 4.79 Å². The van der Waals surface area contributed by atoms with Gasteiger partial charge in [0, 0.05) is 64.1 Å². The van der Waals surface area contributed by atoms with Crippen molar-refractivity contribution in [2.75, 3.05) is 55.7 Å². The Labute approximate surface area is 227 Å². The summed E-state index contributed by atoms with van der Waals surface area (Å²) in [5, 5.41) is -0.461. The van der Waals surface area contributed by atoms with E-state index in [1.807, 2.05) is 4.90 Å². The number of piperazine rings is 1. The van der Waals surface area contributed by atoms with Crippen molar-refractivity contribution in [3.05, 3.63) is 41.6 Å². The summed E-state index contributed by atoms with van der Waals surface area (Å²) < 4.78 is 59.6. The van der Waals surface area contributed by atoms with Crippen molar-refractivity contribution in [3.63, 3.8) is 0 Å². The maximum Gasteiger partial charge on any atom is 0.243 e. The molecular weight excluding hydrogens is 554 g/mol. The van der Waals surface area contributed by atoms with Gasteiger partial charge in [-0.15, -0.1) is 0 Å². The highest BCUT2D eigenvalue weighted by atomic mass is 35.5. The largest absolute Gasteiger partial charge is 0.381 e. The van der Waals surface area contributed by atoms with Gasteiger partial charge in [0.05, 0.1) is 15.0 Å². The Morgan fingerprint density at radius 2 is 1.61 bits per heavy atom. The zero-order valence-corrected chi connectivity index (χ0v) is 23.1. The standard InChI is InChI=1S/C24H30ClN5O6S2/c25-22-14-21(37(32,33)19-5-11-36-12-6-19)15-23(27-22)28-7-9-29(10-8-28)38(34,35)20-3-1-18(2-4-20)30-16-17(26)13-24(30)31/h1-4,14-15,17,19H,5-13,16,26H2. The summed E-state index contributed by atoms with van der Waals surface area (Å²) in [5.41, 5.74) is 6.48. The van der Waals surface area contributed by atoms with E-state index in [1.54, 1.807) is 17.0 Å². The quantitative estimate of drug-likeness (QED) is 0.497. The van der Waals surface area contributed by atoms with Crippen LogP contribution in [0.3, 0.4) is 0 Å². The van der Waals surface area contributed by atoms with E-state index in [0.717, 1.165) is 0 Å². The van der Waals surface area contributed by atoms with Gasteiger partial charge < -0.3 is 20.3 Å². The summed E-state index contributed by atoms with van der Waals surface area (Å²) in [4.78, 5) is 20.1. The van der Waals surface area contributed by atoms with Crippen LogP contribution in [-0.4, -0.2) is 89.3 Å². The number of pyridine rings is 1. The molecule has 0 bridgehead atoms. The Hall–Kier alpha value is -2.29. The Bertz CT molecular complexity index is 1410. The van der Waals surface area contributed by atoms with Crippen LogP contribution in [0.25, 0.3) is 0 Å². The second-order valence-corrected chi connectivity index (χ2v) is 14.2. The molecule has 0 radical (unpaired) electrons. The van der Waals surface area contributed by atoms with Crippen molar-refractivity contribution in [2.24, 2.45) is 5.73 Å². The van der Waals surface area contributed by atoms with Gasteiger partial charge in [-0.1, -0.05) is 11.6 Å². The van der Waals surface area contributed by atoms with Crippen LogP contribution >= 0.6 is 11.6 Å². The molecule has 2 N–H and O–H groups in total. The Kier molecular flexibility index (Phi) is 7.68. The van der Waals surface area contributed by atoms with Crippen LogP contribution in [0.2, 0.25) is 5.15 Å². The Morgan fingerprint density at radius 1 is 0.947 bits per heavy atom. The van der Waals surface area contributed by atoms with Crippen LogP contribution in [0.1, 0.15) is 19.3 Å². The molecule has 14 heteroatoms. The third-order valence-corrected chi connectivity index (χ3v) is 11.5. The third kappa shape index (κ3) is 5.40. The zero-order valence-electron chi connectivity index (χ0n) is 20.7. The predicted molar refractivity (Wildman–Crippen MR) is 143 cm³/mol. The minimum absolute atomic E-state index is 0.0701. The maximum absolute atomic E-state index is 13.3. The summed E-state index contributed by atoms with van der Waals surface area (Å²) in [6.07, 6.45) is 1.13. The number of halogens is 1. The number of hydrogen-bond acceptors (Lipinski definition) is 9. The van der Waals surface area contributed by atoms with Gasteiger partial charge in [-0.25, -0.2) is 21.8 Å². The molecule has 0 aliphatic carbocycles. The van der Waals surface area contributed by atoms with Crippen molar-refractivity contribution in [3.8, 4) is 0 Å². The molecule has 3 saturated heterocycles. The van der Waals surface area contributed by atoms with E-state index in [-0.39, 0.29) is 46.4 Å². The topological polar surface area (TPSA) is 143 Å². The molecule has 0 spiro atoms. The number of anilines is 2. The van der Waals surface area contributed by atoms with E-state index in [4.69, 9.17) is 22.1 Å². The Morgan fingerprint density at radius 3 is 2.21 bits per heavy atom. The first-order valence-electron chi connectivity index (χ1n) is 12.5. The van der Waals surface area contributed by atoms with Crippen LogP contribution < -0.4 is 15.5 Å². The second-order valence-electron chi connectivity index (χ2n) is 9.69. The number of sulfonamides is 1. The van der Waals surface area contributed by atoms with Gasteiger partial charge in [0.1, 0.15) is 11.0 Å². The fourth-order valence-corrected chi connectivity index (χ4v) is 8.49. The number of hydrogen-bond donors (Lipinski definition) is 1. The number of ether oxygens (including phenoxy) is 1. The van der Waals surface area contributed by atoms with E-state index < -0.39 is 25.1 Å². The van der Waals surface area contributed by atoms with Crippen LogP contribution in [0, 0.1) is 0 Å². The molecule has 1 amide bonds. The van der Waals surface area contributed by atoms with E-state index in [1.165, 1.54) is 28.6 Å². The van der Waals surface area contributed by atoms with Crippen molar-refractivity contribution in [1.82, 2.24) is 9.29 Å². The highest BCUT2D eigenvalue weighted by molar-refractivity contribution is 7.92. The number of carbonyl (C=O) groups is 1. The number of nitrogens with zero attached hydrogens (tertiary/aromatic N) is 4. The number of aromatic nitrogens is 1. The normalized spacial score (nSPS) is 22.3. The average molecular weight is 584 g/mol. The Balaban J connectivity index is 1.27. The number of rotatable bonds is 6. The average Bonchev–Trinajstić information content (AvgIpc) is 3.26. The summed E-state index contributed by atoms with van der Waals surface area (Å²) in [7, 11) is -7.36. The van der Waals surface area contributed by atoms with Crippen molar-refractivity contribution >= 4 is 48.9 Å². The molecule has 4 heterocycles. The SMILES string of the molecule is NC1CC(=O)N(c2ccc(S(=O)(=O)N3CCN(c4cc(S(=O)(=O)C5CCOCC5)cc(Cl)n4)CC3)cc2)C1. The van der Waals surface area contributed by atoms with Gasteiger partial charge in [-0.05, 0) is 49.2 Å². The monoisotopic (exact) mass is 583 g/mol. The molecule has 1 unspecified atom stereocenters. The molecule has 5 rings (SSSR count). The van der Waals surface area contributed by atoms with Gasteiger partial charge in [0.2, 0.25) is 15.9 Å². The molecule has 3 fully saturated rings. The van der Waals surface area contributed by atoms with Crippen molar-refractivity contribution in [1.29, 1.82) is 0 Å². The molecule has 1 aromatic heterocycles. The molecule has 1 atom stereocenters. The molecule has 38 heavy (non-hydrogen) atoms. The zero-order chi connectivity index (χ0) is 27.1. The predicted octanol–water partition coefficient (Wildman–Crippen LogP) is 1.26. The highest BCUT2D eigenvalue weighted by Gasteiger charge is 2.33. The van der Waals surface area contributed by atoms with Crippen LogP contribution in [0.15, 0.2) is 46.2 Å². The fraction of sp³-hybridized carbons (Fsp3) is 0.500. The number of benzene rings is 1. The number of sulfone groups is 1. The van der Waals surface area contributed by atoms with E-state index >= 15 is 0 Å². The van der Waals surface area contributed by atoms with E-state index in [9.17, 15) is 21.6 Å². The molecule has 3 aliphatic heterocycles. The van der Waals surface area contributed by atoms with Crippen molar-refractivity contribution in [2.45, 2.75) is 40.3 Å². The second kappa shape index (κ2) is 10.7. The minimum Gasteiger partial charge on any atom is -0.381 e. The molecule has 2 aromatic rings. The number of nitrogens with two attached hydrogens (primary N) is 1. The summed E-state index contributed by atoms with van der Waals surface area (Å²) in [6, 6.07) is 8.90.